The third-order valence-electron chi connectivity index (χ3n) is 2.08. The number of rotatable bonds is 2. The second kappa shape index (κ2) is 5.40. The number of nitrogen functional groups attached to an aromatic ring is 1. The fourth-order valence-corrected chi connectivity index (χ4v) is 2.84. The summed E-state index contributed by atoms with van der Waals surface area (Å²) >= 11 is 19.3. The summed E-state index contributed by atoms with van der Waals surface area (Å²) in [5.74, 6) is 0. The molecule has 0 bridgehead atoms. The second-order valence-electron chi connectivity index (χ2n) is 3.36. The van der Waals surface area contributed by atoms with Crippen molar-refractivity contribution in [3.63, 3.8) is 0 Å². The number of benzene rings is 2. The van der Waals surface area contributed by atoms with Crippen molar-refractivity contribution in [1.29, 1.82) is 0 Å². The molecule has 2 aromatic rings. The van der Waals surface area contributed by atoms with E-state index in [1.54, 1.807) is 24.3 Å². The minimum Gasteiger partial charge on any atom is -0.398 e. The van der Waals surface area contributed by atoms with Crippen molar-refractivity contribution < 1.29 is 0 Å². The van der Waals surface area contributed by atoms with E-state index in [9.17, 15) is 0 Å². The van der Waals surface area contributed by atoms with Gasteiger partial charge in [-0.1, -0.05) is 46.6 Å². The van der Waals surface area contributed by atoms with E-state index < -0.39 is 0 Å². The van der Waals surface area contributed by atoms with Crippen molar-refractivity contribution in [3.8, 4) is 0 Å². The van der Waals surface area contributed by atoms with Crippen molar-refractivity contribution in [1.82, 2.24) is 0 Å². The van der Waals surface area contributed by atoms with Gasteiger partial charge in [0.1, 0.15) is 0 Å². The molecule has 0 aliphatic rings. The number of anilines is 1. The minimum absolute atomic E-state index is 0.615. The topological polar surface area (TPSA) is 26.0 Å². The Kier molecular flexibility index (Phi) is 4.10. The van der Waals surface area contributed by atoms with E-state index in [0.717, 1.165) is 9.79 Å². The Morgan fingerprint density at radius 3 is 2.18 bits per heavy atom. The van der Waals surface area contributed by atoms with Gasteiger partial charge in [-0.2, -0.15) is 0 Å². The van der Waals surface area contributed by atoms with Crippen LogP contribution in [0.25, 0.3) is 0 Å². The van der Waals surface area contributed by atoms with Gasteiger partial charge in [-0.15, -0.1) is 0 Å². The molecule has 0 aromatic heterocycles. The first-order chi connectivity index (χ1) is 8.06. The SMILES string of the molecule is Nc1cc(Cl)ccc1Sc1cc(Cl)ccc1Cl. The molecule has 1 nitrogen and oxygen atoms in total. The zero-order valence-electron chi connectivity index (χ0n) is 8.58. The van der Waals surface area contributed by atoms with Crippen LogP contribution in [0.3, 0.4) is 0 Å². The average Bonchev–Trinajstić information content (AvgIpc) is 2.27. The molecule has 0 aliphatic heterocycles. The molecule has 0 aliphatic carbocycles. The summed E-state index contributed by atoms with van der Waals surface area (Å²) in [6.45, 7) is 0. The van der Waals surface area contributed by atoms with E-state index in [2.05, 4.69) is 0 Å². The molecule has 0 unspecified atom stereocenters. The Morgan fingerprint density at radius 2 is 1.47 bits per heavy atom. The van der Waals surface area contributed by atoms with Crippen molar-refractivity contribution in [3.05, 3.63) is 51.5 Å². The Morgan fingerprint density at radius 1 is 0.824 bits per heavy atom. The zero-order chi connectivity index (χ0) is 12.4. The van der Waals surface area contributed by atoms with Gasteiger partial charge in [0.25, 0.3) is 0 Å². The van der Waals surface area contributed by atoms with Gasteiger partial charge in [0.15, 0.2) is 0 Å². The first-order valence-electron chi connectivity index (χ1n) is 4.74. The van der Waals surface area contributed by atoms with Gasteiger partial charge in [-0.3, -0.25) is 0 Å². The monoisotopic (exact) mass is 303 g/mol. The van der Waals surface area contributed by atoms with Crippen molar-refractivity contribution >= 4 is 52.3 Å². The summed E-state index contributed by atoms with van der Waals surface area (Å²) in [6, 6.07) is 10.7. The van der Waals surface area contributed by atoms with E-state index in [1.165, 1.54) is 11.8 Å². The normalized spacial score (nSPS) is 10.5. The molecule has 0 atom stereocenters. The lowest BCUT2D eigenvalue weighted by Gasteiger charge is -2.07. The number of halogens is 3. The fraction of sp³-hybridized carbons (Fsp3) is 0. The van der Waals surface area contributed by atoms with Crippen LogP contribution in [-0.4, -0.2) is 0 Å². The van der Waals surface area contributed by atoms with Gasteiger partial charge in [0, 0.05) is 25.5 Å². The number of hydrogen-bond donors (Lipinski definition) is 1. The predicted molar refractivity (Wildman–Crippen MR) is 76.4 cm³/mol. The Hall–Kier alpha value is -0.540. The molecule has 2 N–H and O–H groups in total. The van der Waals surface area contributed by atoms with Gasteiger partial charge in [0.05, 0.1) is 5.02 Å². The third kappa shape index (κ3) is 3.23. The molecule has 0 amide bonds. The Labute approximate surface area is 119 Å². The molecular weight excluding hydrogens is 297 g/mol. The molecule has 17 heavy (non-hydrogen) atoms. The smallest absolute Gasteiger partial charge is 0.0546 e. The van der Waals surface area contributed by atoms with Crippen LogP contribution in [-0.2, 0) is 0 Å². The van der Waals surface area contributed by atoms with Gasteiger partial charge in [-0.25, -0.2) is 0 Å². The molecule has 88 valence electrons. The highest BCUT2D eigenvalue weighted by atomic mass is 35.5. The van der Waals surface area contributed by atoms with Gasteiger partial charge >= 0.3 is 0 Å². The van der Waals surface area contributed by atoms with E-state index in [4.69, 9.17) is 40.5 Å². The summed E-state index contributed by atoms with van der Waals surface area (Å²) < 4.78 is 0. The molecule has 5 heteroatoms. The van der Waals surface area contributed by atoms with E-state index in [1.807, 2.05) is 12.1 Å². The highest BCUT2D eigenvalue weighted by Crippen LogP contribution is 2.38. The molecule has 0 spiro atoms. The summed E-state index contributed by atoms with van der Waals surface area (Å²) in [7, 11) is 0. The van der Waals surface area contributed by atoms with Crippen LogP contribution < -0.4 is 5.73 Å². The molecule has 0 radical (unpaired) electrons. The van der Waals surface area contributed by atoms with Crippen molar-refractivity contribution in [2.24, 2.45) is 0 Å². The van der Waals surface area contributed by atoms with Crippen LogP contribution >= 0.6 is 46.6 Å². The largest absolute Gasteiger partial charge is 0.398 e. The molecular formula is C12H8Cl3NS. The lowest BCUT2D eigenvalue weighted by molar-refractivity contribution is 1.41. The van der Waals surface area contributed by atoms with Gasteiger partial charge < -0.3 is 5.73 Å². The van der Waals surface area contributed by atoms with E-state index in [-0.39, 0.29) is 0 Å². The van der Waals surface area contributed by atoms with E-state index >= 15 is 0 Å². The van der Waals surface area contributed by atoms with Crippen molar-refractivity contribution in [2.75, 3.05) is 5.73 Å². The third-order valence-corrected chi connectivity index (χ3v) is 4.15. The first kappa shape index (κ1) is 12.9. The maximum absolute atomic E-state index is 6.08. The first-order valence-corrected chi connectivity index (χ1v) is 6.69. The predicted octanol–water partition coefficient (Wildman–Crippen LogP) is 5.38. The Balaban J connectivity index is 2.34. The lowest BCUT2D eigenvalue weighted by atomic mass is 10.3. The standard InChI is InChI=1S/C12H8Cl3NS/c13-7-2-4-11(10(16)5-7)17-12-6-8(14)1-3-9(12)15/h1-6H,16H2. The maximum Gasteiger partial charge on any atom is 0.0546 e. The molecule has 2 aromatic carbocycles. The Bertz CT molecular complexity index is 557. The number of nitrogens with two attached hydrogens (primary N) is 1. The minimum atomic E-state index is 0.615. The van der Waals surface area contributed by atoms with Crippen molar-refractivity contribution in [2.45, 2.75) is 9.79 Å². The second-order valence-corrected chi connectivity index (χ2v) is 5.72. The van der Waals surface area contributed by atoms with Crippen LogP contribution in [0.15, 0.2) is 46.2 Å². The average molecular weight is 305 g/mol. The molecule has 2 rings (SSSR count). The van der Waals surface area contributed by atoms with Gasteiger partial charge in [0.2, 0.25) is 0 Å². The fourth-order valence-electron chi connectivity index (χ4n) is 1.29. The zero-order valence-corrected chi connectivity index (χ0v) is 11.7. The lowest BCUT2D eigenvalue weighted by Crippen LogP contribution is -1.88. The van der Waals surface area contributed by atoms with Gasteiger partial charge in [-0.05, 0) is 36.4 Å². The molecule has 0 saturated heterocycles. The highest BCUT2D eigenvalue weighted by molar-refractivity contribution is 7.99. The van der Waals surface area contributed by atoms with Crippen LogP contribution in [0.2, 0.25) is 15.1 Å². The molecule has 0 fully saturated rings. The molecule has 0 heterocycles. The van der Waals surface area contributed by atoms with E-state index in [0.29, 0.717) is 20.8 Å². The van der Waals surface area contributed by atoms with Crippen LogP contribution in [0.4, 0.5) is 5.69 Å². The highest BCUT2D eigenvalue weighted by Gasteiger charge is 2.06. The number of hydrogen-bond acceptors (Lipinski definition) is 2. The quantitative estimate of drug-likeness (QED) is 0.754. The summed E-state index contributed by atoms with van der Waals surface area (Å²) in [6.07, 6.45) is 0. The maximum atomic E-state index is 6.08. The summed E-state index contributed by atoms with van der Waals surface area (Å²) in [5.41, 5.74) is 6.50. The van der Waals surface area contributed by atoms with Crippen LogP contribution in [0.5, 0.6) is 0 Å². The molecule has 0 saturated carbocycles. The van der Waals surface area contributed by atoms with Crippen LogP contribution in [0.1, 0.15) is 0 Å². The van der Waals surface area contributed by atoms with Crippen LogP contribution in [0, 0.1) is 0 Å². The summed E-state index contributed by atoms with van der Waals surface area (Å²) in [5, 5.41) is 1.90. The summed E-state index contributed by atoms with van der Waals surface area (Å²) in [4.78, 5) is 1.77.